The van der Waals surface area contributed by atoms with E-state index in [9.17, 15) is 9.18 Å². The number of hydrogen-bond donors (Lipinski definition) is 2. The first-order valence-electron chi connectivity index (χ1n) is 8.58. The van der Waals surface area contributed by atoms with Gasteiger partial charge in [-0.25, -0.2) is 4.39 Å². The molecule has 2 atom stereocenters. The van der Waals surface area contributed by atoms with Crippen LogP contribution in [-0.4, -0.2) is 31.2 Å². The van der Waals surface area contributed by atoms with E-state index in [1.807, 2.05) is 6.92 Å². The van der Waals surface area contributed by atoms with Gasteiger partial charge in [0, 0.05) is 19.2 Å². The van der Waals surface area contributed by atoms with Gasteiger partial charge in [0.15, 0.2) is 0 Å². The van der Waals surface area contributed by atoms with Gasteiger partial charge < -0.3 is 15.4 Å². The number of carbonyl (C=O) groups is 1. The van der Waals surface area contributed by atoms with Crippen LogP contribution in [0.4, 0.5) is 4.39 Å². The van der Waals surface area contributed by atoms with Gasteiger partial charge in [-0.2, -0.15) is 0 Å². The molecule has 2 aliphatic rings. The van der Waals surface area contributed by atoms with Gasteiger partial charge in [0.05, 0.1) is 11.7 Å². The Kier molecular flexibility index (Phi) is 5.28. The molecule has 0 saturated carbocycles. The molecule has 2 N–H and O–H groups in total. The summed E-state index contributed by atoms with van der Waals surface area (Å²) in [6, 6.07) is 3.22. The standard InChI is InChI=1S/C18H25FN2O2/c1-12(4-5-15-3-2-8-23-15)21-18(22)16-9-14-11-20-7-6-13(14)10-17(16)19/h9-10,12,15,20H,2-8,11H2,1H3,(H,21,22). The molecule has 0 aliphatic carbocycles. The van der Waals surface area contributed by atoms with Crippen molar-refractivity contribution in [2.24, 2.45) is 0 Å². The molecule has 1 saturated heterocycles. The lowest BCUT2D eigenvalue weighted by Crippen LogP contribution is -2.34. The minimum Gasteiger partial charge on any atom is -0.378 e. The summed E-state index contributed by atoms with van der Waals surface area (Å²) in [4.78, 5) is 12.4. The van der Waals surface area contributed by atoms with Gasteiger partial charge in [-0.1, -0.05) is 0 Å². The maximum absolute atomic E-state index is 14.2. The molecule has 0 bridgehead atoms. The third kappa shape index (κ3) is 4.09. The van der Waals surface area contributed by atoms with Crippen LogP contribution in [0.2, 0.25) is 0 Å². The fraction of sp³-hybridized carbons (Fsp3) is 0.611. The smallest absolute Gasteiger partial charge is 0.254 e. The number of ether oxygens (including phenoxy) is 1. The summed E-state index contributed by atoms with van der Waals surface area (Å²) in [6.45, 7) is 4.37. The first-order chi connectivity index (χ1) is 11.1. The highest BCUT2D eigenvalue weighted by atomic mass is 19.1. The van der Waals surface area contributed by atoms with Crippen LogP contribution in [0.25, 0.3) is 0 Å². The molecule has 126 valence electrons. The van der Waals surface area contributed by atoms with Crippen molar-refractivity contribution in [3.05, 3.63) is 34.6 Å². The van der Waals surface area contributed by atoms with E-state index in [0.29, 0.717) is 12.6 Å². The number of carbonyl (C=O) groups excluding carboxylic acids is 1. The first kappa shape index (κ1) is 16.4. The zero-order valence-corrected chi connectivity index (χ0v) is 13.7. The molecule has 2 unspecified atom stereocenters. The van der Waals surface area contributed by atoms with Crippen LogP contribution in [-0.2, 0) is 17.7 Å². The molecule has 5 heteroatoms. The number of rotatable bonds is 5. The molecule has 2 aliphatic heterocycles. The van der Waals surface area contributed by atoms with Crippen molar-refractivity contribution in [2.45, 2.75) is 57.7 Å². The second-order valence-electron chi connectivity index (χ2n) is 6.61. The number of benzene rings is 1. The van der Waals surface area contributed by atoms with E-state index >= 15 is 0 Å². The van der Waals surface area contributed by atoms with Crippen molar-refractivity contribution in [3.8, 4) is 0 Å². The Morgan fingerprint density at radius 2 is 2.35 bits per heavy atom. The predicted octanol–water partition coefficient (Wildman–Crippen LogP) is 2.55. The van der Waals surface area contributed by atoms with E-state index in [0.717, 1.165) is 56.4 Å². The Hall–Kier alpha value is -1.46. The molecular formula is C18H25FN2O2. The van der Waals surface area contributed by atoms with E-state index in [1.54, 1.807) is 6.07 Å². The van der Waals surface area contributed by atoms with E-state index in [4.69, 9.17) is 4.74 Å². The second-order valence-corrected chi connectivity index (χ2v) is 6.61. The fourth-order valence-electron chi connectivity index (χ4n) is 3.36. The Labute approximate surface area is 136 Å². The topological polar surface area (TPSA) is 50.4 Å². The average Bonchev–Trinajstić information content (AvgIpc) is 3.05. The number of halogens is 1. The number of amides is 1. The van der Waals surface area contributed by atoms with Crippen molar-refractivity contribution in [1.29, 1.82) is 0 Å². The van der Waals surface area contributed by atoms with Crippen LogP contribution < -0.4 is 10.6 Å². The third-order valence-electron chi connectivity index (χ3n) is 4.74. The van der Waals surface area contributed by atoms with Crippen molar-refractivity contribution < 1.29 is 13.9 Å². The lowest BCUT2D eigenvalue weighted by Gasteiger charge is -2.20. The molecule has 1 amide bonds. The molecular weight excluding hydrogens is 295 g/mol. The molecule has 0 radical (unpaired) electrons. The van der Waals surface area contributed by atoms with Crippen LogP contribution in [0.15, 0.2) is 12.1 Å². The van der Waals surface area contributed by atoms with Crippen LogP contribution in [0.5, 0.6) is 0 Å². The van der Waals surface area contributed by atoms with Crippen molar-refractivity contribution in [3.63, 3.8) is 0 Å². The van der Waals surface area contributed by atoms with Crippen LogP contribution >= 0.6 is 0 Å². The highest BCUT2D eigenvalue weighted by Gasteiger charge is 2.20. The third-order valence-corrected chi connectivity index (χ3v) is 4.74. The molecule has 1 aromatic carbocycles. The highest BCUT2D eigenvalue weighted by Crippen LogP contribution is 2.20. The molecule has 23 heavy (non-hydrogen) atoms. The lowest BCUT2D eigenvalue weighted by molar-refractivity contribution is 0.0896. The quantitative estimate of drug-likeness (QED) is 0.876. The summed E-state index contributed by atoms with van der Waals surface area (Å²) >= 11 is 0. The normalized spacial score (nSPS) is 21.7. The van der Waals surface area contributed by atoms with E-state index in [-0.39, 0.29) is 17.5 Å². The maximum atomic E-state index is 14.2. The number of fused-ring (bicyclic) bond motifs is 1. The maximum Gasteiger partial charge on any atom is 0.254 e. The molecule has 2 heterocycles. The Bertz CT molecular complexity index is 570. The largest absolute Gasteiger partial charge is 0.378 e. The number of hydrogen-bond acceptors (Lipinski definition) is 3. The zero-order valence-electron chi connectivity index (χ0n) is 13.7. The van der Waals surface area contributed by atoms with Crippen LogP contribution in [0.3, 0.4) is 0 Å². The Morgan fingerprint density at radius 3 is 3.13 bits per heavy atom. The summed E-state index contributed by atoms with van der Waals surface area (Å²) in [5, 5.41) is 6.16. The average molecular weight is 320 g/mol. The number of nitrogens with one attached hydrogen (secondary N) is 2. The van der Waals surface area contributed by atoms with Gasteiger partial charge in [0.2, 0.25) is 0 Å². The van der Waals surface area contributed by atoms with Crippen molar-refractivity contribution in [1.82, 2.24) is 10.6 Å². The summed E-state index contributed by atoms with van der Waals surface area (Å²) in [5.41, 5.74) is 2.18. The SMILES string of the molecule is CC(CCC1CCCO1)NC(=O)c1cc2c(cc1F)CCNC2. The van der Waals surface area contributed by atoms with Gasteiger partial charge in [-0.3, -0.25) is 4.79 Å². The first-order valence-corrected chi connectivity index (χ1v) is 8.58. The summed E-state index contributed by atoms with van der Waals surface area (Å²) in [6.07, 6.45) is 5.16. The minimum atomic E-state index is -0.422. The van der Waals surface area contributed by atoms with Crippen molar-refractivity contribution in [2.75, 3.05) is 13.2 Å². The highest BCUT2D eigenvalue weighted by molar-refractivity contribution is 5.95. The van der Waals surface area contributed by atoms with Gasteiger partial charge in [0.25, 0.3) is 5.91 Å². The molecule has 0 spiro atoms. The van der Waals surface area contributed by atoms with Gasteiger partial charge >= 0.3 is 0 Å². The second kappa shape index (κ2) is 7.41. The van der Waals surface area contributed by atoms with E-state index in [1.165, 1.54) is 6.07 Å². The summed E-state index contributed by atoms with van der Waals surface area (Å²) < 4.78 is 19.8. The minimum absolute atomic E-state index is 0.0141. The monoisotopic (exact) mass is 320 g/mol. The van der Waals surface area contributed by atoms with Gasteiger partial charge in [0.1, 0.15) is 5.82 Å². The summed E-state index contributed by atoms with van der Waals surface area (Å²) in [7, 11) is 0. The zero-order chi connectivity index (χ0) is 16.2. The predicted molar refractivity (Wildman–Crippen MR) is 86.9 cm³/mol. The Balaban J connectivity index is 1.58. The molecule has 1 aromatic rings. The molecule has 1 fully saturated rings. The summed E-state index contributed by atoms with van der Waals surface area (Å²) in [5.74, 6) is -0.745. The lowest BCUT2D eigenvalue weighted by atomic mass is 9.97. The Morgan fingerprint density at radius 1 is 1.48 bits per heavy atom. The molecule has 3 rings (SSSR count). The molecule has 0 aromatic heterocycles. The van der Waals surface area contributed by atoms with Crippen LogP contribution in [0, 0.1) is 5.82 Å². The fourth-order valence-corrected chi connectivity index (χ4v) is 3.36. The van der Waals surface area contributed by atoms with Crippen molar-refractivity contribution >= 4 is 5.91 Å². The van der Waals surface area contributed by atoms with Gasteiger partial charge in [-0.05, 0) is 68.8 Å². The van der Waals surface area contributed by atoms with E-state index in [2.05, 4.69) is 10.6 Å². The van der Waals surface area contributed by atoms with E-state index < -0.39 is 5.82 Å². The van der Waals surface area contributed by atoms with Crippen LogP contribution in [0.1, 0.15) is 54.1 Å². The molecule has 4 nitrogen and oxygen atoms in total. The van der Waals surface area contributed by atoms with Gasteiger partial charge in [-0.15, -0.1) is 0 Å².